The number of benzene rings is 2. The average molecular weight is 641 g/mol. The van der Waals surface area contributed by atoms with Crippen molar-refractivity contribution in [1.82, 2.24) is 0 Å². The zero-order chi connectivity index (χ0) is 33.3. The van der Waals surface area contributed by atoms with E-state index in [0.717, 1.165) is 6.08 Å². The van der Waals surface area contributed by atoms with E-state index in [1.807, 2.05) is 0 Å². The molecule has 0 bridgehead atoms. The van der Waals surface area contributed by atoms with Crippen LogP contribution in [0, 0.1) is 0 Å². The van der Waals surface area contributed by atoms with Crippen LogP contribution in [-0.2, 0) is 23.8 Å². The van der Waals surface area contributed by atoms with Crippen LogP contribution in [0.2, 0.25) is 0 Å². The van der Waals surface area contributed by atoms with Gasteiger partial charge in [-0.05, 0) is 41.5 Å². The van der Waals surface area contributed by atoms with E-state index in [0.29, 0.717) is 11.1 Å². The molecular formula is C29H36O16. The molecule has 0 saturated carbocycles. The monoisotopic (exact) mass is 640 g/mol. The van der Waals surface area contributed by atoms with Crippen molar-refractivity contribution >= 4 is 18.0 Å². The number of carboxylic acid groups (broad SMARTS) is 1. The van der Waals surface area contributed by atoms with E-state index in [1.165, 1.54) is 50.6 Å². The van der Waals surface area contributed by atoms with Crippen LogP contribution < -0.4 is 14.2 Å². The summed E-state index contributed by atoms with van der Waals surface area (Å²) in [5.41, 5.74) is 0.796. The van der Waals surface area contributed by atoms with Gasteiger partial charge in [0.15, 0.2) is 41.5 Å². The Morgan fingerprint density at radius 2 is 1.64 bits per heavy atom. The lowest BCUT2D eigenvalue weighted by Crippen LogP contribution is -2.60. The Kier molecular flexibility index (Phi) is 12.9. The summed E-state index contributed by atoms with van der Waals surface area (Å²) in [5, 5.41) is 79.0. The minimum absolute atomic E-state index is 0.124. The summed E-state index contributed by atoms with van der Waals surface area (Å²) in [5.74, 6) is -2.05. The zero-order valence-electron chi connectivity index (χ0n) is 24.2. The number of methoxy groups -OCH3 is 2. The summed E-state index contributed by atoms with van der Waals surface area (Å²) in [4.78, 5) is 23.3. The van der Waals surface area contributed by atoms with Crippen molar-refractivity contribution in [1.29, 1.82) is 0 Å². The van der Waals surface area contributed by atoms with Crippen LogP contribution >= 0.6 is 0 Å². The van der Waals surface area contributed by atoms with Crippen LogP contribution in [0.15, 0.2) is 42.5 Å². The minimum Gasteiger partial charge on any atom is -0.504 e. The minimum atomic E-state index is -1.90. The molecule has 0 radical (unpaired) electrons. The second-order valence-electron chi connectivity index (χ2n) is 9.81. The van der Waals surface area contributed by atoms with Crippen LogP contribution in [0.4, 0.5) is 0 Å². The summed E-state index contributed by atoms with van der Waals surface area (Å²) >= 11 is 0. The zero-order valence-corrected chi connectivity index (χ0v) is 24.2. The molecule has 3 rings (SSSR count). The summed E-state index contributed by atoms with van der Waals surface area (Å²) in [6, 6.07) is 8.75. The fourth-order valence-corrected chi connectivity index (χ4v) is 4.18. The molecule has 1 aliphatic heterocycles. The molecule has 8 N–H and O–H groups in total. The van der Waals surface area contributed by atoms with Gasteiger partial charge in [-0.3, -0.25) is 0 Å². The Bertz CT molecular complexity index is 1320. The molecule has 45 heavy (non-hydrogen) atoms. The number of carbonyl (C=O) groups excluding carboxylic acids is 1. The number of hydrogen-bond acceptors (Lipinski definition) is 15. The second-order valence-corrected chi connectivity index (χ2v) is 9.81. The van der Waals surface area contributed by atoms with Crippen molar-refractivity contribution in [3.8, 4) is 23.0 Å². The largest absolute Gasteiger partial charge is 0.504 e. The Hall–Kier alpha value is -4.00. The van der Waals surface area contributed by atoms with Crippen LogP contribution in [0.1, 0.15) is 17.2 Å². The third-order valence-electron chi connectivity index (χ3n) is 6.64. The number of carbonyl (C=O) groups is 2. The number of aliphatic hydroxyl groups is 6. The van der Waals surface area contributed by atoms with Gasteiger partial charge in [-0.15, -0.1) is 0 Å². The summed E-state index contributed by atoms with van der Waals surface area (Å²) in [6.45, 7) is -1.69. The van der Waals surface area contributed by atoms with Gasteiger partial charge >= 0.3 is 11.9 Å². The lowest BCUT2D eigenvalue weighted by molar-refractivity contribution is -0.298. The topological polar surface area (TPSA) is 251 Å². The van der Waals surface area contributed by atoms with E-state index >= 15 is 0 Å². The highest BCUT2D eigenvalue weighted by Crippen LogP contribution is 2.34. The molecule has 8 atom stereocenters. The molecule has 0 unspecified atom stereocenters. The number of phenolic OH excluding ortho intramolecular Hbond substituents is 1. The van der Waals surface area contributed by atoms with Crippen molar-refractivity contribution in [2.45, 2.75) is 49.0 Å². The number of rotatable bonds is 15. The van der Waals surface area contributed by atoms with E-state index in [-0.39, 0.29) is 23.0 Å². The number of aliphatic carboxylic acids is 1. The highest BCUT2D eigenvalue weighted by Gasteiger charge is 2.47. The highest BCUT2D eigenvalue weighted by molar-refractivity contribution is 5.87. The molecule has 0 aromatic heterocycles. The van der Waals surface area contributed by atoms with E-state index in [9.17, 15) is 45.3 Å². The first-order valence-electron chi connectivity index (χ1n) is 13.5. The Morgan fingerprint density at radius 1 is 0.933 bits per heavy atom. The average Bonchev–Trinajstić information content (AvgIpc) is 3.03. The fourth-order valence-electron chi connectivity index (χ4n) is 4.18. The van der Waals surface area contributed by atoms with E-state index < -0.39 is 80.8 Å². The summed E-state index contributed by atoms with van der Waals surface area (Å²) in [6.07, 6.45) is -10.5. The van der Waals surface area contributed by atoms with Crippen LogP contribution in [0.25, 0.3) is 6.08 Å². The van der Waals surface area contributed by atoms with Crippen LogP contribution in [0.3, 0.4) is 0 Å². The van der Waals surface area contributed by atoms with Crippen molar-refractivity contribution in [2.75, 3.05) is 34.0 Å². The number of phenols is 1. The lowest BCUT2D eigenvalue weighted by atomic mass is 9.99. The number of ether oxygens (including phenoxy) is 6. The molecule has 1 fully saturated rings. The van der Waals surface area contributed by atoms with E-state index in [4.69, 9.17) is 33.5 Å². The van der Waals surface area contributed by atoms with Gasteiger partial charge in [-0.2, -0.15) is 0 Å². The van der Waals surface area contributed by atoms with Gasteiger partial charge < -0.3 is 69.3 Å². The third-order valence-corrected chi connectivity index (χ3v) is 6.64. The van der Waals surface area contributed by atoms with Gasteiger partial charge in [-0.25, -0.2) is 9.59 Å². The maximum absolute atomic E-state index is 12.2. The predicted molar refractivity (Wildman–Crippen MR) is 150 cm³/mol. The Balaban J connectivity index is 1.53. The van der Waals surface area contributed by atoms with Crippen molar-refractivity contribution in [3.05, 3.63) is 53.6 Å². The molecule has 16 heteroatoms. The lowest BCUT2D eigenvalue weighted by Gasteiger charge is -2.38. The predicted octanol–water partition coefficient (Wildman–Crippen LogP) is -1.29. The van der Waals surface area contributed by atoms with Crippen molar-refractivity contribution in [2.24, 2.45) is 0 Å². The molecule has 1 saturated heterocycles. The SMILES string of the molecule is COc1cc([C@@H](O)[C@H](CO)Oc2ccc(C=CC(=O)OC[C@H](O)CO[C@@H]3O[C@H](C(=O)O)[C@H](O)[C@H](O)[C@H]3O)cc2OC)ccc1O. The number of aromatic hydroxyl groups is 1. The number of esters is 1. The van der Waals surface area contributed by atoms with Gasteiger partial charge in [0.1, 0.15) is 37.1 Å². The molecule has 248 valence electrons. The van der Waals surface area contributed by atoms with Gasteiger partial charge in [0.05, 0.1) is 27.4 Å². The van der Waals surface area contributed by atoms with Gasteiger partial charge in [-0.1, -0.05) is 12.1 Å². The van der Waals surface area contributed by atoms with Crippen molar-refractivity contribution in [3.63, 3.8) is 0 Å². The molecule has 16 nitrogen and oxygen atoms in total. The van der Waals surface area contributed by atoms with Gasteiger partial charge in [0.2, 0.25) is 0 Å². The van der Waals surface area contributed by atoms with Gasteiger partial charge in [0.25, 0.3) is 0 Å². The molecule has 0 spiro atoms. The molecule has 1 aliphatic rings. The Morgan fingerprint density at radius 3 is 2.29 bits per heavy atom. The summed E-state index contributed by atoms with van der Waals surface area (Å²) in [7, 11) is 2.72. The third kappa shape index (κ3) is 9.25. The smallest absolute Gasteiger partial charge is 0.335 e. The first-order valence-corrected chi connectivity index (χ1v) is 13.5. The fraction of sp³-hybridized carbons (Fsp3) is 0.448. The molecule has 2 aromatic carbocycles. The maximum atomic E-state index is 12.2. The quantitative estimate of drug-likeness (QED) is 0.0833. The second kappa shape index (κ2) is 16.4. The van der Waals surface area contributed by atoms with Gasteiger partial charge in [0, 0.05) is 6.08 Å². The van der Waals surface area contributed by atoms with E-state index in [1.54, 1.807) is 6.07 Å². The molecule has 0 amide bonds. The number of carboxylic acids is 1. The van der Waals surface area contributed by atoms with Crippen LogP contribution in [-0.4, -0.2) is 130 Å². The normalized spacial score (nSPS) is 23.6. The first kappa shape index (κ1) is 35.5. The first-order chi connectivity index (χ1) is 21.4. The highest BCUT2D eigenvalue weighted by atomic mass is 16.7. The molecular weight excluding hydrogens is 604 g/mol. The van der Waals surface area contributed by atoms with Crippen LogP contribution in [0.5, 0.6) is 23.0 Å². The number of hydrogen-bond donors (Lipinski definition) is 8. The number of aliphatic hydroxyl groups excluding tert-OH is 6. The molecule has 1 heterocycles. The molecule has 2 aromatic rings. The molecule has 0 aliphatic carbocycles. The van der Waals surface area contributed by atoms with Crippen molar-refractivity contribution < 1.29 is 78.9 Å². The van der Waals surface area contributed by atoms with E-state index in [2.05, 4.69) is 0 Å². The maximum Gasteiger partial charge on any atom is 0.335 e. The Labute approximate surface area is 256 Å². The standard InChI is InChI=1S/C29H36O16/c1-40-19-10-15(5-6-17(19)32)23(34)21(11-30)44-18-7-3-14(9-20(18)41-2)4-8-22(33)42-12-16(31)13-43-29-26(37)24(35)25(36)27(45-29)28(38)39/h3-10,16,21,23-27,29-32,34-37H,11-13H2,1-2H3,(H,38,39)/t16-,21-,23+,24-,25+,26+,27-,29+/m0/s1. The summed E-state index contributed by atoms with van der Waals surface area (Å²) < 4.78 is 31.2.